The fraction of sp³-hybridized carbons (Fsp3) is 0.0625. The zero-order valence-electron chi connectivity index (χ0n) is 11.9. The quantitative estimate of drug-likeness (QED) is 0.796. The van der Waals surface area contributed by atoms with E-state index in [0.29, 0.717) is 23.4 Å². The molecule has 0 fully saturated rings. The third-order valence-corrected chi connectivity index (χ3v) is 3.93. The number of thiazole rings is 1. The number of carbonyl (C=O) groups is 1. The third kappa shape index (κ3) is 3.56. The van der Waals surface area contributed by atoms with Gasteiger partial charge in [-0.25, -0.2) is 4.98 Å². The van der Waals surface area contributed by atoms with E-state index in [1.165, 1.54) is 11.3 Å². The van der Waals surface area contributed by atoms with Crippen molar-refractivity contribution in [2.75, 3.05) is 0 Å². The summed E-state index contributed by atoms with van der Waals surface area (Å²) in [4.78, 5) is 24.7. The molecule has 0 saturated heterocycles. The number of amides is 1. The van der Waals surface area contributed by atoms with Crippen LogP contribution in [0.4, 0.5) is 0 Å². The van der Waals surface area contributed by atoms with Gasteiger partial charge in [-0.05, 0) is 18.2 Å². The van der Waals surface area contributed by atoms with E-state index in [2.05, 4.69) is 20.3 Å². The predicted molar refractivity (Wildman–Crippen MR) is 85.5 cm³/mol. The van der Waals surface area contributed by atoms with Gasteiger partial charge in [0.15, 0.2) is 0 Å². The van der Waals surface area contributed by atoms with Gasteiger partial charge in [0.1, 0.15) is 10.7 Å². The first-order valence-corrected chi connectivity index (χ1v) is 7.63. The normalized spacial score (nSPS) is 10.0. The highest BCUT2D eigenvalue weighted by Crippen LogP contribution is 2.20. The zero-order valence-corrected chi connectivity index (χ0v) is 12.7. The molecule has 0 aliphatic heterocycles. The Morgan fingerprint density at radius 2 is 2.26 bits per heavy atom. The van der Waals surface area contributed by atoms with E-state index >= 15 is 0 Å². The van der Waals surface area contributed by atoms with Crippen LogP contribution in [0.2, 0.25) is 0 Å². The summed E-state index contributed by atoms with van der Waals surface area (Å²) in [7, 11) is 0. The van der Waals surface area contributed by atoms with Crippen LogP contribution < -0.4 is 5.32 Å². The van der Waals surface area contributed by atoms with Crippen LogP contribution >= 0.6 is 11.3 Å². The number of hydrogen-bond donors (Lipinski definition) is 1. The molecule has 0 aliphatic carbocycles. The van der Waals surface area contributed by atoms with Crippen molar-refractivity contribution >= 4 is 17.2 Å². The maximum Gasteiger partial charge on any atom is 0.251 e. The first kappa shape index (κ1) is 14.8. The van der Waals surface area contributed by atoms with Crippen molar-refractivity contribution in [1.82, 2.24) is 20.3 Å². The molecule has 0 atom stereocenters. The molecular formula is C16H11N5OS. The van der Waals surface area contributed by atoms with Crippen LogP contribution in [0.3, 0.4) is 0 Å². The average molecular weight is 321 g/mol. The second-order valence-corrected chi connectivity index (χ2v) is 5.47. The number of hydrogen-bond acceptors (Lipinski definition) is 6. The molecule has 1 N–H and O–H groups in total. The summed E-state index contributed by atoms with van der Waals surface area (Å²) in [6.07, 6.45) is 4.86. The van der Waals surface area contributed by atoms with Crippen molar-refractivity contribution < 1.29 is 4.79 Å². The molecule has 112 valence electrons. The lowest BCUT2D eigenvalue weighted by Gasteiger charge is -2.03. The van der Waals surface area contributed by atoms with Crippen LogP contribution in [0.15, 0.2) is 48.2 Å². The molecule has 0 spiro atoms. The summed E-state index contributed by atoms with van der Waals surface area (Å²) in [6, 6.07) is 8.58. The average Bonchev–Trinajstić information content (AvgIpc) is 3.09. The van der Waals surface area contributed by atoms with Crippen LogP contribution in [-0.4, -0.2) is 20.9 Å². The minimum atomic E-state index is -0.240. The molecule has 3 aromatic rings. The van der Waals surface area contributed by atoms with E-state index in [0.717, 1.165) is 10.7 Å². The fourth-order valence-corrected chi connectivity index (χ4v) is 2.70. The van der Waals surface area contributed by atoms with Crippen molar-refractivity contribution in [3.05, 3.63) is 65.1 Å². The standard InChI is InChI=1S/C16H11N5OS/c17-7-11-2-1-3-12(6-11)15(22)20-8-13-10-23-16(21-13)14-9-18-4-5-19-14/h1-6,9-10H,8H2,(H,20,22). The minimum absolute atomic E-state index is 0.240. The highest BCUT2D eigenvalue weighted by molar-refractivity contribution is 7.13. The topological polar surface area (TPSA) is 91.6 Å². The van der Waals surface area contributed by atoms with Crippen LogP contribution in [0.25, 0.3) is 10.7 Å². The van der Waals surface area contributed by atoms with Gasteiger partial charge in [0, 0.05) is 23.3 Å². The van der Waals surface area contributed by atoms with E-state index in [1.807, 2.05) is 11.4 Å². The van der Waals surface area contributed by atoms with Gasteiger partial charge in [-0.1, -0.05) is 6.07 Å². The van der Waals surface area contributed by atoms with Gasteiger partial charge < -0.3 is 5.32 Å². The molecule has 2 heterocycles. The molecule has 0 aliphatic rings. The van der Waals surface area contributed by atoms with Crippen molar-refractivity contribution in [1.29, 1.82) is 5.26 Å². The minimum Gasteiger partial charge on any atom is -0.346 e. The number of nitrogens with zero attached hydrogens (tertiary/aromatic N) is 4. The van der Waals surface area contributed by atoms with Crippen molar-refractivity contribution in [3.63, 3.8) is 0 Å². The summed E-state index contributed by atoms with van der Waals surface area (Å²) >= 11 is 1.45. The molecule has 0 unspecified atom stereocenters. The lowest BCUT2D eigenvalue weighted by atomic mass is 10.1. The second-order valence-electron chi connectivity index (χ2n) is 4.61. The Bertz CT molecular complexity index is 869. The molecule has 3 rings (SSSR count). The van der Waals surface area contributed by atoms with Gasteiger partial charge in [-0.2, -0.15) is 5.26 Å². The van der Waals surface area contributed by atoms with E-state index in [4.69, 9.17) is 5.26 Å². The largest absolute Gasteiger partial charge is 0.346 e. The van der Waals surface area contributed by atoms with Crippen LogP contribution in [0, 0.1) is 11.3 Å². The molecule has 0 radical (unpaired) electrons. The molecule has 0 bridgehead atoms. The van der Waals surface area contributed by atoms with E-state index < -0.39 is 0 Å². The van der Waals surface area contributed by atoms with E-state index in [-0.39, 0.29) is 5.91 Å². The Morgan fingerprint density at radius 3 is 3.04 bits per heavy atom. The molecule has 0 saturated carbocycles. The number of nitrogens with one attached hydrogen (secondary N) is 1. The maximum absolute atomic E-state index is 12.1. The van der Waals surface area contributed by atoms with Gasteiger partial charge in [-0.15, -0.1) is 11.3 Å². The Kier molecular flexibility index (Phi) is 4.36. The first-order chi connectivity index (χ1) is 11.3. The highest BCUT2D eigenvalue weighted by Gasteiger charge is 2.09. The molecular weight excluding hydrogens is 310 g/mol. The third-order valence-electron chi connectivity index (χ3n) is 3.02. The summed E-state index contributed by atoms with van der Waals surface area (Å²) in [5.74, 6) is -0.240. The lowest BCUT2D eigenvalue weighted by molar-refractivity contribution is 0.0950. The Morgan fingerprint density at radius 1 is 1.35 bits per heavy atom. The number of benzene rings is 1. The number of nitriles is 1. The molecule has 23 heavy (non-hydrogen) atoms. The Hall–Kier alpha value is -3.11. The SMILES string of the molecule is N#Cc1cccc(C(=O)NCc2csc(-c3cnccn3)n2)c1. The summed E-state index contributed by atoms with van der Waals surface area (Å²) in [5.41, 5.74) is 2.36. The number of carbonyl (C=O) groups excluding carboxylic acids is 1. The van der Waals surface area contributed by atoms with Crippen LogP contribution in [0.5, 0.6) is 0 Å². The fourth-order valence-electron chi connectivity index (χ4n) is 1.92. The summed E-state index contributed by atoms with van der Waals surface area (Å²) < 4.78 is 0. The molecule has 6 nitrogen and oxygen atoms in total. The van der Waals surface area contributed by atoms with Gasteiger partial charge in [0.25, 0.3) is 5.91 Å². The van der Waals surface area contributed by atoms with Crippen molar-refractivity contribution in [2.45, 2.75) is 6.54 Å². The van der Waals surface area contributed by atoms with Crippen molar-refractivity contribution in [3.8, 4) is 16.8 Å². The van der Waals surface area contributed by atoms with Gasteiger partial charge in [0.2, 0.25) is 0 Å². The van der Waals surface area contributed by atoms with Gasteiger partial charge in [-0.3, -0.25) is 14.8 Å². The summed E-state index contributed by atoms with van der Waals surface area (Å²) in [6.45, 7) is 0.312. The molecule has 2 aromatic heterocycles. The molecule has 1 amide bonds. The number of rotatable bonds is 4. The van der Waals surface area contributed by atoms with E-state index in [9.17, 15) is 4.79 Å². The zero-order chi connectivity index (χ0) is 16.1. The Labute approximate surface area is 136 Å². The molecule has 7 heteroatoms. The van der Waals surface area contributed by atoms with Crippen LogP contribution in [-0.2, 0) is 6.54 Å². The van der Waals surface area contributed by atoms with Gasteiger partial charge >= 0.3 is 0 Å². The predicted octanol–water partition coefficient (Wildman–Crippen LogP) is 2.40. The van der Waals surface area contributed by atoms with E-state index in [1.54, 1.807) is 42.9 Å². The smallest absolute Gasteiger partial charge is 0.251 e. The number of aromatic nitrogens is 3. The first-order valence-electron chi connectivity index (χ1n) is 6.75. The van der Waals surface area contributed by atoms with Crippen LogP contribution in [0.1, 0.15) is 21.6 Å². The lowest BCUT2D eigenvalue weighted by Crippen LogP contribution is -2.22. The molecule has 1 aromatic carbocycles. The maximum atomic E-state index is 12.1. The van der Waals surface area contributed by atoms with Gasteiger partial charge in [0.05, 0.1) is 30.1 Å². The van der Waals surface area contributed by atoms with Crippen molar-refractivity contribution in [2.24, 2.45) is 0 Å². The summed E-state index contributed by atoms with van der Waals surface area (Å²) in [5, 5.41) is 14.3. The Balaban J connectivity index is 1.66. The monoisotopic (exact) mass is 321 g/mol. The second kappa shape index (κ2) is 6.77. The highest BCUT2D eigenvalue weighted by atomic mass is 32.1.